The molecule has 5 heteroatoms. The van der Waals surface area contributed by atoms with E-state index in [1.165, 1.54) is 6.07 Å². The molecule has 0 heterocycles. The van der Waals surface area contributed by atoms with E-state index in [1.54, 1.807) is 26.0 Å². The highest BCUT2D eigenvalue weighted by molar-refractivity contribution is 5.95. The zero-order valence-electron chi connectivity index (χ0n) is 10.9. The van der Waals surface area contributed by atoms with Crippen molar-refractivity contribution >= 4 is 17.6 Å². The molecule has 2 N–H and O–H groups in total. The van der Waals surface area contributed by atoms with Gasteiger partial charge in [0.1, 0.15) is 0 Å². The highest BCUT2D eigenvalue weighted by Crippen LogP contribution is 2.15. The summed E-state index contributed by atoms with van der Waals surface area (Å²) in [6.45, 7) is 3.93. The SMILES string of the molecule is CCOC(=O)C#Cc1ccc(N)c(C(=O)OCC)c1. The van der Waals surface area contributed by atoms with E-state index in [1.807, 2.05) is 0 Å². The number of carbonyl (C=O) groups excluding carboxylic acids is 2. The maximum atomic E-state index is 11.6. The number of ether oxygens (including phenoxy) is 2. The number of hydrogen-bond acceptors (Lipinski definition) is 5. The van der Waals surface area contributed by atoms with Crippen LogP contribution in [0.4, 0.5) is 5.69 Å². The van der Waals surface area contributed by atoms with Crippen molar-refractivity contribution in [2.45, 2.75) is 13.8 Å². The molecule has 0 aliphatic carbocycles. The summed E-state index contributed by atoms with van der Waals surface area (Å²) in [4.78, 5) is 22.7. The first kappa shape index (κ1) is 14.6. The van der Waals surface area contributed by atoms with Crippen LogP contribution >= 0.6 is 0 Å². The van der Waals surface area contributed by atoms with Crippen molar-refractivity contribution in [2.75, 3.05) is 18.9 Å². The Morgan fingerprint density at radius 2 is 1.89 bits per heavy atom. The molecule has 0 unspecified atom stereocenters. The lowest BCUT2D eigenvalue weighted by Gasteiger charge is -2.05. The van der Waals surface area contributed by atoms with Gasteiger partial charge in [-0.3, -0.25) is 0 Å². The van der Waals surface area contributed by atoms with Crippen LogP contribution in [0.3, 0.4) is 0 Å². The zero-order valence-corrected chi connectivity index (χ0v) is 10.9. The van der Waals surface area contributed by atoms with E-state index < -0.39 is 11.9 Å². The Balaban J connectivity index is 2.96. The van der Waals surface area contributed by atoms with Gasteiger partial charge in [0.2, 0.25) is 0 Å². The largest absolute Gasteiger partial charge is 0.462 e. The third kappa shape index (κ3) is 4.36. The molecule has 1 aromatic rings. The quantitative estimate of drug-likeness (QED) is 0.505. The van der Waals surface area contributed by atoms with E-state index in [0.717, 1.165) is 0 Å². The van der Waals surface area contributed by atoms with Crippen LogP contribution < -0.4 is 5.73 Å². The van der Waals surface area contributed by atoms with E-state index in [4.69, 9.17) is 10.5 Å². The molecule has 0 radical (unpaired) electrons. The molecule has 0 saturated heterocycles. The van der Waals surface area contributed by atoms with Gasteiger partial charge in [-0.05, 0) is 32.0 Å². The maximum Gasteiger partial charge on any atom is 0.384 e. The van der Waals surface area contributed by atoms with Crippen molar-refractivity contribution in [1.29, 1.82) is 0 Å². The fourth-order valence-electron chi connectivity index (χ4n) is 1.31. The van der Waals surface area contributed by atoms with Crippen LogP contribution in [0.25, 0.3) is 0 Å². The molecular weight excluding hydrogens is 246 g/mol. The van der Waals surface area contributed by atoms with Gasteiger partial charge in [-0.15, -0.1) is 0 Å². The second-order valence-corrected chi connectivity index (χ2v) is 3.49. The maximum absolute atomic E-state index is 11.6. The first-order valence-electron chi connectivity index (χ1n) is 5.83. The lowest BCUT2D eigenvalue weighted by molar-refractivity contribution is -0.136. The van der Waals surface area contributed by atoms with Crippen LogP contribution in [0, 0.1) is 11.8 Å². The Morgan fingerprint density at radius 3 is 2.53 bits per heavy atom. The Bertz CT molecular complexity index is 540. The molecule has 0 amide bonds. The molecule has 0 aromatic heterocycles. The van der Waals surface area contributed by atoms with Gasteiger partial charge in [-0.2, -0.15) is 0 Å². The highest BCUT2D eigenvalue weighted by Gasteiger charge is 2.10. The fraction of sp³-hybridized carbons (Fsp3) is 0.286. The minimum Gasteiger partial charge on any atom is -0.462 e. The number of nitrogens with two attached hydrogens (primary N) is 1. The summed E-state index contributed by atoms with van der Waals surface area (Å²) in [6.07, 6.45) is 0. The first-order chi connectivity index (χ1) is 9.08. The molecule has 5 nitrogen and oxygen atoms in total. The van der Waals surface area contributed by atoms with Crippen LogP contribution in [0.2, 0.25) is 0 Å². The summed E-state index contributed by atoms with van der Waals surface area (Å²) in [5.41, 5.74) is 6.71. The average molecular weight is 261 g/mol. The molecule has 1 rings (SSSR count). The van der Waals surface area contributed by atoms with E-state index in [-0.39, 0.29) is 18.8 Å². The van der Waals surface area contributed by atoms with Gasteiger partial charge in [0.15, 0.2) is 0 Å². The highest BCUT2D eigenvalue weighted by atomic mass is 16.5. The third-order valence-electron chi connectivity index (χ3n) is 2.13. The molecule has 19 heavy (non-hydrogen) atoms. The van der Waals surface area contributed by atoms with Crippen LogP contribution in [0.1, 0.15) is 29.8 Å². The van der Waals surface area contributed by atoms with E-state index >= 15 is 0 Å². The van der Waals surface area contributed by atoms with Crippen LogP contribution in [-0.2, 0) is 14.3 Å². The van der Waals surface area contributed by atoms with Crippen molar-refractivity contribution in [3.05, 3.63) is 29.3 Å². The van der Waals surface area contributed by atoms with Crippen molar-refractivity contribution < 1.29 is 19.1 Å². The summed E-state index contributed by atoms with van der Waals surface area (Å²) in [6, 6.07) is 4.64. The Hall–Kier alpha value is -2.48. The minimum absolute atomic E-state index is 0.234. The summed E-state index contributed by atoms with van der Waals surface area (Å²) in [5, 5.41) is 0. The van der Waals surface area contributed by atoms with Gasteiger partial charge in [0.25, 0.3) is 0 Å². The zero-order chi connectivity index (χ0) is 14.3. The van der Waals surface area contributed by atoms with Crippen LogP contribution in [0.15, 0.2) is 18.2 Å². The molecular formula is C14H15NO4. The molecule has 0 spiro atoms. The van der Waals surface area contributed by atoms with Gasteiger partial charge >= 0.3 is 11.9 Å². The fourth-order valence-corrected chi connectivity index (χ4v) is 1.31. The van der Waals surface area contributed by atoms with E-state index in [0.29, 0.717) is 11.3 Å². The Kier molecular flexibility index (Phi) is 5.42. The lowest BCUT2D eigenvalue weighted by atomic mass is 10.1. The Labute approximate surface area is 111 Å². The van der Waals surface area contributed by atoms with Gasteiger partial charge in [-0.1, -0.05) is 5.92 Å². The number of carbonyl (C=O) groups is 2. The summed E-state index contributed by atoms with van der Waals surface area (Å²) in [5.74, 6) is 3.79. The molecule has 0 aliphatic heterocycles. The normalized spacial score (nSPS) is 9.16. The van der Waals surface area contributed by atoms with Crippen molar-refractivity contribution in [3.63, 3.8) is 0 Å². The second-order valence-electron chi connectivity index (χ2n) is 3.49. The third-order valence-corrected chi connectivity index (χ3v) is 2.13. The molecule has 0 atom stereocenters. The monoisotopic (exact) mass is 261 g/mol. The number of rotatable bonds is 3. The average Bonchev–Trinajstić information content (AvgIpc) is 2.38. The van der Waals surface area contributed by atoms with Crippen molar-refractivity contribution in [1.82, 2.24) is 0 Å². The molecule has 0 fully saturated rings. The minimum atomic E-state index is -0.614. The predicted molar refractivity (Wildman–Crippen MR) is 70.3 cm³/mol. The van der Waals surface area contributed by atoms with E-state index in [2.05, 4.69) is 16.6 Å². The number of anilines is 1. The molecule has 1 aromatic carbocycles. The van der Waals surface area contributed by atoms with E-state index in [9.17, 15) is 9.59 Å². The number of benzene rings is 1. The number of nitrogen functional groups attached to an aromatic ring is 1. The van der Waals surface area contributed by atoms with Crippen LogP contribution in [0.5, 0.6) is 0 Å². The first-order valence-corrected chi connectivity index (χ1v) is 5.83. The standard InChI is InChI=1S/C14H15NO4/c1-3-18-13(16)8-6-10-5-7-12(15)11(9-10)14(17)19-4-2/h5,7,9H,3-4,15H2,1-2H3. The van der Waals surface area contributed by atoms with Crippen molar-refractivity contribution in [2.24, 2.45) is 0 Å². The molecule has 100 valence electrons. The number of esters is 2. The van der Waals surface area contributed by atoms with Gasteiger partial charge in [0.05, 0.1) is 18.8 Å². The second kappa shape index (κ2) is 7.07. The lowest BCUT2D eigenvalue weighted by Crippen LogP contribution is -2.08. The smallest absolute Gasteiger partial charge is 0.384 e. The molecule has 0 aliphatic rings. The topological polar surface area (TPSA) is 78.6 Å². The predicted octanol–water partition coefficient (Wildman–Crippen LogP) is 1.36. The Morgan fingerprint density at radius 1 is 1.21 bits per heavy atom. The van der Waals surface area contributed by atoms with Gasteiger partial charge in [-0.25, -0.2) is 9.59 Å². The summed E-state index contributed by atoms with van der Waals surface area (Å²) >= 11 is 0. The summed E-state index contributed by atoms with van der Waals surface area (Å²) in [7, 11) is 0. The van der Waals surface area contributed by atoms with Crippen molar-refractivity contribution in [3.8, 4) is 11.8 Å². The van der Waals surface area contributed by atoms with Crippen LogP contribution in [-0.4, -0.2) is 25.2 Å². The van der Waals surface area contributed by atoms with Gasteiger partial charge in [0, 0.05) is 17.2 Å². The summed E-state index contributed by atoms with van der Waals surface area (Å²) < 4.78 is 9.54. The molecule has 0 bridgehead atoms. The van der Waals surface area contributed by atoms with Gasteiger partial charge < -0.3 is 15.2 Å². The molecule has 0 saturated carbocycles. The number of hydrogen-bond donors (Lipinski definition) is 1.